The minimum Gasteiger partial charge on any atom is -0.343 e. The van der Waals surface area contributed by atoms with Gasteiger partial charge in [-0.25, -0.2) is 4.98 Å². The predicted octanol–water partition coefficient (Wildman–Crippen LogP) is 7.22. The van der Waals surface area contributed by atoms with Crippen molar-refractivity contribution in [3.05, 3.63) is 70.2 Å². The maximum Gasteiger partial charge on any atom is 0.416 e. The molecule has 1 saturated heterocycles. The fourth-order valence-electron chi connectivity index (χ4n) is 4.07. The highest BCUT2D eigenvalue weighted by Crippen LogP contribution is 2.35. The summed E-state index contributed by atoms with van der Waals surface area (Å²) in [4.78, 5) is 31.2. The van der Waals surface area contributed by atoms with Crippen molar-refractivity contribution in [3.63, 3.8) is 0 Å². The SMILES string of the molecule is CC.CCC(=O)N1CCC(c2nc(C(=O)Nc3ccccc3-c3cccc(C(F)(F)F)c3)cs2)CC1. The first kappa shape index (κ1) is 27.4. The number of benzene rings is 2. The number of thiazole rings is 1. The molecule has 0 bridgehead atoms. The lowest BCUT2D eigenvalue weighted by molar-refractivity contribution is -0.137. The quantitative estimate of drug-likeness (QED) is 0.389. The van der Waals surface area contributed by atoms with Gasteiger partial charge >= 0.3 is 6.18 Å². The van der Waals surface area contributed by atoms with Crippen LogP contribution < -0.4 is 5.32 Å². The second-order valence-corrected chi connectivity index (χ2v) is 9.05. The number of piperidine rings is 1. The van der Waals surface area contributed by atoms with E-state index in [1.165, 1.54) is 17.4 Å². The van der Waals surface area contributed by atoms with Crippen molar-refractivity contribution in [2.24, 2.45) is 0 Å². The van der Waals surface area contributed by atoms with Crippen LogP contribution in [-0.4, -0.2) is 34.8 Å². The number of hydrogen-bond donors (Lipinski definition) is 1. The molecule has 0 aliphatic carbocycles. The van der Waals surface area contributed by atoms with Crippen molar-refractivity contribution in [1.29, 1.82) is 0 Å². The van der Waals surface area contributed by atoms with E-state index >= 15 is 0 Å². The summed E-state index contributed by atoms with van der Waals surface area (Å²) in [5.41, 5.74) is 0.782. The molecule has 4 rings (SSSR count). The number of likely N-dealkylation sites (tertiary alicyclic amines) is 1. The van der Waals surface area contributed by atoms with E-state index in [4.69, 9.17) is 0 Å². The summed E-state index contributed by atoms with van der Waals surface area (Å²) in [6.07, 6.45) is -2.35. The average Bonchev–Trinajstić information content (AvgIpc) is 3.40. The van der Waals surface area contributed by atoms with Crippen LogP contribution in [0.1, 0.15) is 67.0 Å². The number of carbonyl (C=O) groups excluding carboxylic acids is 2. The second kappa shape index (κ2) is 12.2. The fourth-order valence-corrected chi connectivity index (χ4v) is 5.04. The third kappa shape index (κ3) is 6.51. The third-order valence-corrected chi connectivity index (χ3v) is 6.94. The van der Waals surface area contributed by atoms with Crippen LogP contribution in [0.4, 0.5) is 18.9 Å². The van der Waals surface area contributed by atoms with Gasteiger partial charge in [0.1, 0.15) is 5.69 Å². The van der Waals surface area contributed by atoms with E-state index in [0.717, 1.165) is 30.0 Å². The molecule has 1 aliphatic heterocycles. The molecule has 1 fully saturated rings. The summed E-state index contributed by atoms with van der Waals surface area (Å²) in [6.45, 7) is 7.22. The monoisotopic (exact) mass is 517 g/mol. The molecule has 0 atom stereocenters. The summed E-state index contributed by atoms with van der Waals surface area (Å²) in [7, 11) is 0. The zero-order valence-corrected chi connectivity index (χ0v) is 21.4. The number of aromatic nitrogens is 1. The normalized spacial score (nSPS) is 14.1. The Morgan fingerprint density at radius 1 is 1.08 bits per heavy atom. The molecule has 0 saturated carbocycles. The molecule has 2 amide bonds. The lowest BCUT2D eigenvalue weighted by Crippen LogP contribution is -2.37. The zero-order chi connectivity index (χ0) is 26.3. The highest BCUT2D eigenvalue weighted by molar-refractivity contribution is 7.10. The Hall–Kier alpha value is -3.20. The number of para-hydroxylation sites is 1. The Bertz CT molecular complexity index is 1180. The second-order valence-electron chi connectivity index (χ2n) is 8.16. The summed E-state index contributed by atoms with van der Waals surface area (Å²) < 4.78 is 39.5. The van der Waals surface area contributed by atoms with Gasteiger partial charge in [-0.1, -0.05) is 51.1 Å². The number of nitrogens with zero attached hydrogens (tertiary/aromatic N) is 2. The molecule has 3 aromatic rings. The van der Waals surface area contributed by atoms with Gasteiger partial charge in [-0.3, -0.25) is 9.59 Å². The minimum atomic E-state index is -4.45. The average molecular weight is 518 g/mol. The molecular formula is C27H30F3N3O2S. The summed E-state index contributed by atoms with van der Waals surface area (Å²) >= 11 is 1.42. The Morgan fingerprint density at radius 2 is 1.78 bits per heavy atom. The van der Waals surface area contributed by atoms with Gasteiger partial charge in [0.05, 0.1) is 10.6 Å². The van der Waals surface area contributed by atoms with Crippen LogP contribution in [-0.2, 0) is 11.0 Å². The van der Waals surface area contributed by atoms with Crippen LogP contribution in [0.5, 0.6) is 0 Å². The Balaban J connectivity index is 0.00000176. The standard InChI is InChI=1S/C25H24F3N3O2S.C2H6/c1-2-22(32)31-12-10-16(11-13-31)24-30-21(15-34-24)23(33)29-20-9-4-3-8-19(20)17-6-5-7-18(14-17)25(26,27)28;1-2/h3-9,14-16H,2,10-13H2,1H3,(H,29,33);1-2H3. The van der Waals surface area contributed by atoms with Gasteiger partial charge in [-0.15, -0.1) is 11.3 Å². The number of alkyl halides is 3. The van der Waals surface area contributed by atoms with Crippen LogP contribution in [0.15, 0.2) is 53.9 Å². The fraction of sp³-hybridized carbons (Fsp3) is 0.370. The van der Waals surface area contributed by atoms with Crippen molar-refractivity contribution in [2.45, 2.75) is 52.1 Å². The minimum absolute atomic E-state index is 0.150. The molecule has 9 heteroatoms. The van der Waals surface area contributed by atoms with Gasteiger partial charge in [0.15, 0.2) is 0 Å². The molecule has 1 N–H and O–H groups in total. The van der Waals surface area contributed by atoms with E-state index in [1.54, 1.807) is 35.7 Å². The van der Waals surface area contributed by atoms with Gasteiger partial charge in [0.25, 0.3) is 5.91 Å². The number of hydrogen-bond acceptors (Lipinski definition) is 4. The first-order valence-corrected chi connectivity index (χ1v) is 13.0. The van der Waals surface area contributed by atoms with Crippen LogP contribution in [0.3, 0.4) is 0 Å². The van der Waals surface area contributed by atoms with E-state index in [1.807, 2.05) is 25.7 Å². The Kier molecular flexibility index (Phi) is 9.25. The summed E-state index contributed by atoms with van der Waals surface area (Å²) in [6, 6.07) is 11.8. The molecular weight excluding hydrogens is 487 g/mol. The number of amides is 2. The topological polar surface area (TPSA) is 62.3 Å². The van der Waals surface area contributed by atoms with E-state index in [0.29, 0.717) is 36.3 Å². The molecule has 0 radical (unpaired) electrons. The first-order valence-electron chi connectivity index (χ1n) is 12.1. The number of anilines is 1. The summed E-state index contributed by atoms with van der Waals surface area (Å²) in [5, 5.41) is 5.36. The number of rotatable bonds is 5. The smallest absolute Gasteiger partial charge is 0.343 e. The lowest BCUT2D eigenvalue weighted by Gasteiger charge is -2.30. The lowest BCUT2D eigenvalue weighted by atomic mass is 9.97. The van der Waals surface area contributed by atoms with Crippen LogP contribution in [0.25, 0.3) is 11.1 Å². The van der Waals surface area contributed by atoms with E-state index in [9.17, 15) is 22.8 Å². The molecule has 2 aromatic carbocycles. The maximum absolute atomic E-state index is 13.2. The summed E-state index contributed by atoms with van der Waals surface area (Å²) in [5.74, 6) is -0.0672. The predicted molar refractivity (Wildman–Crippen MR) is 137 cm³/mol. The maximum atomic E-state index is 13.2. The van der Waals surface area contributed by atoms with Gasteiger partial charge in [-0.2, -0.15) is 13.2 Å². The highest BCUT2D eigenvalue weighted by Gasteiger charge is 2.30. The van der Waals surface area contributed by atoms with Gasteiger partial charge in [0.2, 0.25) is 5.91 Å². The molecule has 2 heterocycles. The number of halogens is 3. The van der Waals surface area contributed by atoms with Crippen LogP contribution in [0.2, 0.25) is 0 Å². The van der Waals surface area contributed by atoms with Crippen LogP contribution in [0, 0.1) is 0 Å². The molecule has 36 heavy (non-hydrogen) atoms. The van der Waals surface area contributed by atoms with Crippen molar-refractivity contribution in [1.82, 2.24) is 9.88 Å². The van der Waals surface area contributed by atoms with Crippen molar-refractivity contribution >= 4 is 28.8 Å². The van der Waals surface area contributed by atoms with Crippen molar-refractivity contribution in [2.75, 3.05) is 18.4 Å². The van der Waals surface area contributed by atoms with Crippen molar-refractivity contribution < 1.29 is 22.8 Å². The van der Waals surface area contributed by atoms with Gasteiger partial charge in [-0.05, 0) is 36.6 Å². The van der Waals surface area contributed by atoms with Gasteiger partial charge < -0.3 is 10.2 Å². The highest BCUT2D eigenvalue weighted by atomic mass is 32.1. The number of carbonyl (C=O) groups is 2. The largest absolute Gasteiger partial charge is 0.416 e. The third-order valence-electron chi connectivity index (χ3n) is 5.93. The van der Waals surface area contributed by atoms with Crippen molar-refractivity contribution in [3.8, 4) is 11.1 Å². The van der Waals surface area contributed by atoms with Crippen LogP contribution >= 0.6 is 11.3 Å². The van der Waals surface area contributed by atoms with E-state index in [2.05, 4.69) is 10.3 Å². The molecule has 1 aromatic heterocycles. The zero-order valence-electron chi connectivity index (χ0n) is 20.6. The number of nitrogens with one attached hydrogen (secondary N) is 1. The molecule has 5 nitrogen and oxygen atoms in total. The molecule has 0 spiro atoms. The molecule has 192 valence electrons. The first-order chi connectivity index (χ1) is 17.3. The van der Waals surface area contributed by atoms with Gasteiger partial charge in [0, 0.05) is 42.1 Å². The van der Waals surface area contributed by atoms with E-state index in [-0.39, 0.29) is 17.5 Å². The Morgan fingerprint density at radius 3 is 2.44 bits per heavy atom. The molecule has 0 unspecified atom stereocenters. The molecule has 1 aliphatic rings. The Labute approximate surface area is 213 Å². The van der Waals surface area contributed by atoms with E-state index < -0.39 is 17.6 Å².